The Kier molecular flexibility index (Phi) is 8.73. The minimum atomic E-state index is -0.786. The molecule has 2 saturated heterocycles. The van der Waals surface area contributed by atoms with Crippen molar-refractivity contribution in [2.45, 2.75) is 109 Å². The van der Waals surface area contributed by atoms with Gasteiger partial charge in [-0.3, -0.25) is 9.59 Å². The number of oxazole rings is 1. The molecule has 3 atom stereocenters. The Morgan fingerprint density at radius 3 is 2.65 bits per heavy atom. The van der Waals surface area contributed by atoms with Crippen LogP contribution in [0, 0.1) is 5.41 Å². The van der Waals surface area contributed by atoms with Crippen LogP contribution in [0.5, 0.6) is 0 Å². The van der Waals surface area contributed by atoms with E-state index in [1.54, 1.807) is 0 Å². The van der Waals surface area contributed by atoms with Gasteiger partial charge in [-0.05, 0) is 55.1 Å². The second-order valence-electron chi connectivity index (χ2n) is 12.1. The van der Waals surface area contributed by atoms with Crippen LogP contribution in [0.3, 0.4) is 0 Å². The van der Waals surface area contributed by atoms with E-state index in [0.29, 0.717) is 30.0 Å². The lowest BCUT2D eigenvalue weighted by Crippen LogP contribution is -2.29. The standard InChI is InChI=1S/C30H42N2O5/c1-29(2,3)15-8-4-5-9-17-31-27(35)24-20-36-28(32-24)23-19-30(16-14-25(23)37-30)18-22-11-7-6-10-21(22)12-13-26(33)34/h6-7,10-11,20,23,25H,4-5,8-9,12-19H2,1-3H3,(H,31,35)(H,33,34)/t23-,25+,30+/m0/s1. The number of hydrogen-bond acceptors (Lipinski definition) is 5. The number of amides is 1. The van der Waals surface area contributed by atoms with E-state index in [9.17, 15) is 9.59 Å². The number of benzene rings is 1. The molecule has 1 aromatic carbocycles. The van der Waals surface area contributed by atoms with E-state index < -0.39 is 5.97 Å². The molecular formula is C30H42N2O5. The zero-order valence-electron chi connectivity index (χ0n) is 22.6. The van der Waals surface area contributed by atoms with Crippen molar-refractivity contribution in [1.29, 1.82) is 0 Å². The van der Waals surface area contributed by atoms with Crippen LogP contribution in [0.25, 0.3) is 0 Å². The molecule has 202 valence electrons. The van der Waals surface area contributed by atoms with Crippen LogP contribution in [0.2, 0.25) is 0 Å². The number of aryl methyl sites for hydroxylation is 1. The average Bonchev–Trinajstić information content (AvgIpc) is 3.57. The molecule has 1 aromatic heterocycles. The number of aromatic nitrogens is 1. The van der Waals surface area contributed by atoms with E-state index in [2.05, 4.69) is 37.1 Å². The van der Waals surface area contributed by atoms with Crippen LogP contribution in [0.1, 0.15) is 112 Å². The van der Waals surface area contributed by atoms with E-state index >= 15 is 0 Å². The van der Waals surface area contributed by atoms with Gasteiger partial charge in [-0.1, -0.05) is 64.3 Å². The number of hydrogen-bond donors (Lipinski definition) is 2. The quantitative estimate of drug-likeness (QED) is 0.317. The van der Waals surface area contributed by atoms with Gasteiger partial charge in [0.2, 0.25) is 5.89 Å². The van der Waals surface area contributed by atoms with E-state index in [1.165, 1.54) is 25.5 Å². The summed E-state index contributed by atoms with van der Waals surface area (Å²) in [6.07, 6.45) is 11.3. The third-order valence-corrected chi connectivity index (χ3v) is 7.78. The van der Waals surface area contributed by atoms with Crippen LogP contribution in [0.15, 0.2) is 34.9 Å². The highest BCUT2D eigenvalue weighted by atomic mass is 16.5. The van der Waals surface area contributed by atoms with Crippen LogP contribution < -0.4 is 5.32 Å². The molecule has 0 aliphatic carbocycles. The van der Waals surface area contributed by atoms with Gasteiger partial charge in [-0.15, -0.1) is 0 Å². The molecule has 37 heavy (non-hydrogen) atoms. The molecule has 2 aromatic rings. The number of aliphatic carboxylic acids is 1. The summed E-state index contributed by atoms with van der Waals surface area (Å²) in [5.74, 6) is -0.357. The molecule has 0 radical (unpaired) electrons. The van der Waals surface area contributed by atoms with Gasteiger partial charge in [0.05, 0.1) is 17.6 Å². The van der Waals surface area contributed by atoms with Crippen LogP contribution in [-0.2, 0) is 22.4 Å². The normalized spacial score (nSPS) is 22.9. The molecule has 4 rings (SSSR count). The molecule has 0 saturated carbocycles. The fourth-order valence-electron chi connectivity index (χ4n) is 5.81. The van der Waals surface area contributed by atoms with Crippen molar-refractivity contribution >= 4 is 11.9 Å². The number of ether oxygens (including phenoxy) is 1. The van der Waals surface area contributed by atoms with E-state index in [0.717, 1.165) is 49.7 Å². The Labute approximate surface area is 220 Å². The molecule has 2 bridgehead atoms. The molecule has 2 aliphatic rings. The Morgan fingerprint density at radius 1 is 1.14 bits per heavy atom. The van der Waals surface area contributed by atoms with Crippen LogP contribution in [-0.4, -0.2) is 40.2 Å². The number of carbonyl (C=O) groups excluding carboxylic acids is 1. The second-order valence-corrected chi connectivity index (χ2v) is 12.1. The first-order valence-corrected chi connectivity index (χ1v) is 13.8. The number of fused-ring (bicyclic) bond motifs is 2. The maximum Gasteiger partial charge on any atom is 0.303 e. The Bertz CT molecular complexity index is 1070. The van der Waals surface area contributed by atoms with Crippen molar-refractivity contribution in [3.63, 3.8) is 0 Å². The first-order chi connectivity index (χ1) is 17.6. The number of carboxylic acid groups (broad SMARTS) is 1. The minimum absolute atomic E-state index is 0.0318. The summed E-state index contributed by atoms with van der Waals surface area (Å²) < 4.78 is 12.3. The fourth-order valence-corrected chi connectivity index (χ4v) is 5.81. The van der Waals surface area contributed by atoms with Crippen molar-refractivity contribution < 1.29 is 23.8 Å². The van der Waals surface area contributed by atoms with Crippen molar-refractivity contribution in [2.75, 3.05) is 6.54 Å². The summed E-state index contributed by atoms with van der Waals surface area (Å²) in [5, 5.41) is 12.1. The number of nitrogens with zero attached hydrogens (tertiary/aromatic N) is 1. The first kappa shape index (κ1) is 27.4. The Balaban J connectivity index is 1.28. The topological polar surface area (TPSA) is 102 Å². The lowest BCUT2D eigenvalue weighted by molar-refractivity contribution is -0.136. The van der Waals surface area contributed by atoms with Gasteiger partial charge in [0.25, 0.3) is 5.91 Å². The molecule has 0 unspecified atom stereocenters. The molecule has 3 heterocycles. The maximum absolute atomic E-state index is 12.6. The number of unbranched alkanes of at least 4 members (excludes halogenated alkanes) is 3. The SMILES string of the molecule is CC(C)(C)CCCCCCNC(=O)c1coc([C@H]2C[C@]3(Cc4ccccc4CCC(=O)O)CC[C@H]2O3)n1. The second kappa shape index (κ2) is 11.8. The first-order valence-electron chi connectivity index (χ1n) is 13.8. The molecule has 1 amide bonds. The van der Waals surface area contributed by atoms with Gasteiger partial charge in [-0.2, -0.15) is 0 Å². The zero-order valence-corrected chi connectivity index (χ0v) is 22.6. The van der Waals surface area contributed by atoms with Crippen molar-refractivity contribution in [3.05, 3.63) is 53.2 Å². The number of carbonyl (C=O) groups is 2. The summed E-state index contributed by atoms with van der Waals surface area (Å²) in [7, 11) is 0. The number of rotatable bonds is 13. The van der Waals surface area contributed by atoms with Gasteiger partial charge in [0.1, 0.15) is 6.26 Å². The third kappa shape index (κ3) is 7.44. The van der Waals surface area contributed by atoms with Gasteiger partial charge in [0, 0.05) is 19.4 Å². The van der Waals surface area contributed by atoms with Gasteiger partial charge >= 0.3 is 5.97 Å². The Hall–Kier alpha value is -2.67. The van der Waals surface area contributed by atoms with E-state index in [-0.39, 0.29) is 30.0 Å². The van der Waals surface area contributed by atoms with E-state index in [1.807, 2.05) is 18.2 Å². The number of nitrogens with one attached hydrogen (secondary N) is 1. The van der Waals surface area contributed by atoms with Gasteiger partial charge in [0.15, 0.2) is 5.69 Å². The van der Waals surface area contributed by atoms with Crippen LogP contribution >= 0.6 is 0 Å². The zero-order chi connectivity index (χ0) is 26.5. The summed E-state index contributed by atoms with van der Waals surface area (Å²) in [4.78, 5) is 28.2. The molecule has 7 heteroatoms. The molecule has 2 N–H and O–H groups in total. The maximum atomic E-state index is 12.6. The summed E-state index contributed by atoms with van der Waals surface area (Å²) in [5.41, 5.74) is 2.64. The minimum Gasteiger partial charge on any atom is -0.481 e. The highest BCUT2D eigenvalue weighted by molar-refractivity contribution is 5.91. The predicted molar refractivity (Wildman–Crippen MR) is 142 cm³/mol. The van der Waals surface area contributed by atoms with Crippen molar-refractivity contribution in [1.82, 2.24) is 10.3 Å². The fraction of sp³-hybridized carbons (Fsp3) is 0.633. The molecule has 7 nitrogen and oxygen atoms in total. The molecular weight excluding hydrogens is 468 g/mol. The monoisotopic (exact) mass is 510 g/mol. The summed E-state index contributed by atoms with van der Waals surface area (Å²) in [6.45, 7) is 7.46. The molecule has 2 aliphatic heterocycles. The highest BCUT2D eigenvalue weighted by Crippen LogP contribution is 2.52. The summed E-state index contributed by atoms with van der Waals surface area (Å²) >= 11 is 0. The van der Waals surface area contributed by atoms with Crippen molar-refractivity contribution in [2.24, 2.45) is 5.41 Å². The predicted octanol–water partition coefficient (Wildman–Crippen LogP) is 6.07. The lowest BCUT2D eigenvalue weighted by atomic mass is 9.77. The van der Waals surface area contributed by atoms with Crippen molar-refractivity contribution in [3.8, 4) is 0 Å². The van der Waals surface area contributed by atoms with E-state index in [4.69, 9.17) is 14.3 Å². The molecule has 2 fully saturated rings. The van der Waals surface area contributed by atoms with Gasteiger partial charge in [-0.25, -0.2) is 4.98 Å². The van der Waals surface area contributed by atoms with Gasteiger partial charge < -0.3 is 19.6 Å². The smallest absolute Gasteiger partial charge is 0.303 e. The number of carboxylic acids is 1. The largest absolute Gasteiger partial charge is 0.481 e. The Morgan fingerprint density at radius 2 is 1.89 bits per heavy atom. The average molecular weight is 511 g/mol. The highest BCUT2D eigenvalue weighted by Gasteiger charge is 2.53. The molecule has 0 spiro atoms. The summed E-state index contributed by atoms with van der Waals surface area (Å²) in [6, 6.07) is 8.05. The lowest BCUT2D eigenvalue weighted by Gasteiger charge is -2.27. The van der Waals surface area contributed by atoms with Crippen LogP contribution in [0.4, 0.5) is 0 Å². The third-order valence-electron chi connectivity index (χ3n) is 7.78.